The largest absolute Gasteiger partial charge is 0.494 e. The third-order valence-electron chi connectivity index (χ3n) is 4.58. The Labute approximate surface area is 169 Å². The average Bonchev–Trinajstić information content (AvgIpc) is 2.91. The molecule has 0 aromatic heterocycles. The highest BCUT2D eigenvalue weighted by molar-refractivity contribution is 6.30. The van der Waals surface area contributed by atoms with E-state index in [1.807, 2.05) is 19.1 Å². The summed E-state index contributed by atoms with van der Waals surface area (Å²) in [5.41, 5.74) is -0.429. The Bertz CT molecular complexity index is 838. The fourth-order valence-corrected chi connectivity index (χ4v) is 3.11. The van der Waals surface area contributed by atoms with Crippen molar-refractivity contribution < 1.29 is 19.1 Å². The normalized spacial score (nSPS) is 18.9. The average molecular weight is 403 g/mol. The number of rotatable bonds is 8. The molecule has 148 valence electrons. The molecule has 2 aromatic carbocycles. The van der Waals surface area contributed by atoms with Crippen LogP contribution in [0.3, 0.4) is 0 Å². The molecule has 1 fully saturated rings. The molecule has 0 radical (unpaired) electrons. The summed E-state index contributed by atoms with van der Waals surface area (Å²) in [5.74, 6) is 1.12. The third-order valence-corrected chi connectivity index (χ3v) is 4.83. The van der Waals surface area contributed by atoms with Crippen LogP contribution in [-0.4, -0.2) is 36.6 Å². The van der Waals surface area contributed by atoms with Gasteiger partial charge in [0.05, 0.1) is 13.2 Å². The summed E-state index contributed by atoms with van der Waals surface area (Å²) in [6, 6.07) is 13.7. The number of imide groups is 1. The number of carbonyl (C=O) groups is 2. The van der Waals surface area contributed by atoms with Gasteiger partial charge in [-0.05, 0) is 55.3 Å². The lowest BCUT2D eigenvalue weighted by atomic mass is 9.92. The molecule has 2 aromatic rings. The predicted octanol–water partition coefficient (Wildman–Crippen LogP) is 3.97. The Balaban J connectivity index is 1.58. The lowest BCUT2D eigenvalue weighted by Gasteiger charge is -2.22. The van der Waals surface area contributed by atoms with Gasteiger partial charge in [-0.2, -0.15) is 0 Å². The van der Waals surface area contributed by atoms with Gasteiger partial charge in [0.15, 0.2) is 0 Å². The van der Waals surface area contributed by atoms with E-state index in [0.29, 0.717) is 22.9 Å². The summed E-state index contributed by atoms with van der Waals surface area (Å²) in [4.78, 5) is 26.3. The smallest absolute Gasteiger partial charge is 0.325 e. The van der Waals surface area contributed by atoms with Gasteiger partial charge in [0.2, 0.25) is 0 Å². The van der Waals surface area contributed by atoms with E-state index in [1.165, 1.54) is 4.90 Å². The Morgan fingerprint density at radius 1 is 0.964 bits per heavy atom. The van der Waals surface area contributed by atoms with Crippen LogP contribution in [0.1, 0.15) is 25.8 Å². The summed E-state index contributed by atoms with van der Waals surface area (Å²) in [5, 5.41) is 3.33. The minimum atomic E-state index is -1.11. The maximum absolute atomic E-state index is 12.8. The number of amides is 3. The molecule has 1 atom stereocenters. The lowest BCUT2D eigenvalue weighted by molar-refractivity contribution is -0.131. The highest BCUT2D eigenvalue weighted by atomic mass is 35.5. The van der Waals surface area contributed by atoms with E-state index in [2.05, 4.69) is 5.32 Å². The van der Waals surface area contributed by atoms with Crippen LogP contribution in [0.4, 0.5) is 4.79 Å². The van der Waals surface area contributed by atoms with E-state index in [0.717, 1.165) is 12.2 Å². The summed E-state index contributed by atoms with van der Waals surface area (Å²) >= 11 is 5.91. The van der Waals surface area contributed by atoms with Gasteiger partial charge in [-0.3, -0.25) is 9.69 Å². The van der Waals surface area contributed by atoms with Crippen LogP contribution in [0.15, 0.2) is 48.5 Å². The van der Waals surface area contributed by atoms with Gasteiger partial charge in [-0.25, -0.2) is 4.79 Å². The first-order valence-corrected chi connectivity index (χ1v) is 9.57. The molecule has 0 aliphatic carbocycles. The molecule has 0 spiro atoms. The third kappa shape index (κ3) is 4.22. The quantitative estimate of drug-likeness (QED) is 0.678. The first-order chi connectivity index (χ1) is 13.4. The monoisotopic (exact) mass is 402 g/mol. The van der Waals surface area contributed by atoms with Gasteiger partial charge in [0, 0.05) is 5.02 Å². The minimum absolute atomic E-state index is 0.155. The zero-order chi connectivity index (χ0) is 20.1. The molecule has 1 heterocycles. The molecular weight excluding hydrogens is 380 g/mol. The summed E-state index contributed by atoms with van der Waals surface area (Å²) in [6.45, 7) is 4.75. The number of hydrogen-bond donors (Lipinski definition) is 1. The van der Waals surface area contributed by atoms with Crippen molar-refractivity contribution in [3.05, 3.63) is 59.1 Å². The second-order valence-electron chi connectivity index (χ2n) is 6.69. The van der Waals surface area contributed by atoms with Crippen molar-refractivity contribution in [1.29, 1.82) is 0 Å². The van der Waals surface area contributed by atoms with E-state index >= 15 is 0 Å². The number of urea groups is 1. The summed E-state index contributed by atoms with van der Waals surface area (Å²) < 4.78 is 11.2. The second kappa shape index (κ2) is 8.52. The zero-order valence-electron chi connectivity index (χ0n) is 15.9. The molecule has 0 bridgehead atoms. The van der Waals surface area contributed by atoms with Crippen LogP contribution in [0, 0.1) is 0 Å². The van der Waals surface area contributed by atoms with Crippen molar-refractivity contribution in [1.82, 2.24) is 10.2 Å². The second-order valence-corrected chi connectivity index (χ2v) is 7.12. The van der Waals surface area contributed by atoms with Gasteiger partial charge in [-0.1, -0.05) is 30.7 Å². The molecule has 7 heteroatoms. The van der Waals surface area contributed by atoms with Gasteiger partial charge in [0.1, 0.15) is 23.6 Å². The standard InChI is InChI=1S/C21H23ClN2O4/c1-3-13-27-17-8-10-18(11-9-17)28-14-12-24-19(25)21(2,23-20(24)26)15-4-6-16(22)7-5-15/h4-11H,3,12-14H2,1-2H3,(H,23,26). The number of ether oxygens (including phenoxy) is 2. The molecule has 1 N–H and O–H groups in total. The molecule has 3 amide bonds. The Morgan fingerprint density at radius 3 is 2.11 bits per heavy atom. The Kier molecular flexibility index (Phi) is 6.09. The van der Waals surface area contributed by atoms with Gasteiger partial charge in [0.25, 0.3) is 5.91 Å². The van der Waals surface area contributed by atoms with Crippen LogP contribution < -0.4 is 14.8 Å². The molecule has 0 saturated carbocycles. The van der Waals surface area contributed by atoms with Gasteiger partial charge >= 0.3 is 6.03 Å². The number of hydrogen-bond acceptors (Lipinski definition) is 4. The SMILES string of the molecule is CCCOc1ccc(OCCN2C(=O)NC(C)(c3ccc(Cl)cc3)C2=O)cc1. The summed E-state index contributed by atoms with van der Waals surface area (Å²) in [6.07, 6.45) is 0.944. The first kappa shape index (κ1) is 20.0. The molecule has 1 saturated heterocycles. The molecule has 1 aliphatic heterocycles. The van der Waals surface area contributed by atoms with Crippen molar-refractivity contribution >= 4 is 23.5 Å². The van der Waals surface area contributed by atoms with Gasteiger partial charge in [-0.15, -0.1) is 0 Å². The fourth-order valence-electron chi connectivity index (χ4n) is 2.99. The van der Waals surface area contributed by atoms with Crippen LogP contribution in [-0.2, 0) is 10.3 Å². The van der Waals surface area contributed by atoms with E-state index in [4.69, 9.17) is 21.1 Å². The molecule has 1 aliphatic rings. The molecular formula is C21H23ClN2O4. The summed E-state index contributed by atoms with van der Waals surface area (Å²) in [7, 11) is 0. The predicted molar refractivity (Wildman–Crippen MR) is 107 cm³/mol. The fraction of sp³-hybridized carbons (Fsp3) is 0.333. The Morgan fingerprint density at radius 2 is 1.54 bits per heavy atom. The topological polar surface area (TPSA) is 67.9 Å². The van der Waals surface area contributed by atoms with Crippen LogP contribution >= 0.6 is 11.6 Å². The van der Waals surface area contributed by atoms with Crippen LogP contribution in [0.2, 0.25) is 5.02 Å². The lowest BCUT2D eigenvalue weighted by Crippen LogP contribution is -2.41. The number of nitrogens with zero attached hydrogens (tertiary/aromatic N) is 1. The van der Waals surface area contributed by atoms with Gasteiger partial charge < -0.3 is 14.8 Å². The number of carbonyl (C=O) groups excluding carboxylic acids is 2. The molecule has 1 unspecified atom stereocenters. The number of benzene rings is 2. The van der Waals surface area contributed by atoms with Crippen molar-refractivity contribution in [3.8, 4) is 11.5 Å². The molecule has 6 nitrogen and oxygen atoms in total. The number of nitrogens with one attached hydrogen (secondary N) is 1. The first-order valence-electron chi connectivity index (χ1n) is 9.20. The molecule has 28 heavy (non-hydrogen) atoms. The Hall–Kier alpha value is -2.73. The zero-order valence-corrected chi connectivity index (χ0v) is 16.7. The van der Waals surface area contributed by atoms with Crippen molar-refractivity contribution in [2.45, 2.75) is 25.8 Å². The van der Waals surface area contributed by atoms with E-state index in [1.54, 1.807) is 43.3 Å². The minimum Gasteiger partial charge on any atom is -0.494 e. The van der Waals surface area contributed by atoms with E-state index < -0.39 is 11.6 Å². The molecule has 3 rings (SSSR count). The number of halogens is 1. The maximum atomic E-state index is 12.8. The van der Waals surface area contributed by atoms with Crippen molar-refractivity contribution in [2.24, 2.45) is 0 Å². The van der Waals surface area contributed by atoms with Crippen LogP contribution in [0.5, 0.6) is 11.5 Å². The highest BCUT2D eigenvalue weighted by Crippen LogP contribution is 2.29. The van der Waals surface area contributed by atoms with Crippen LogP contribution in [0.25, 0.3) is 0 Å². The van der Waals surface area contributed by atoms with E-state index in [-0.39, 0.29) is 19.1 Å². The van der Waals surface area contributed by atoms with Crippen molar-refractivity contribution in [3.63, 3.8) is 0 Å². The van der Waals surface area contributed by atoms with Crippen molar-refractivity contribution in [2.75, 3.05) is 19.8 Å². The highest BCUT2D eigenvalue weighted by Gasteiger charge is 2.48. The maximum Gasteiger partial charge on any atom is 0.325 e. The van der Waals surface area contributed by atoms with E-state index in [9.17, 15) is 9.59 Å².